The molecule has 4 aliphatic rings. The fourth-order valence-electron chi connectivity index (χ4n) is 4.53. The first kappa shape index (κ1) is 20.8. The molecule has 4 N–H and O–H groups in total. The molecule has 1 fully saturated rings. The van der Waals surface area contributed by atoms with Crippen molar-refractivity contribution in [3.63, 3.8) is 0 Å². The van der Waals surface area contributed by atoms with Crippen LogP contribution in [0.1, 0.15) is 23.1 Å². The lowest BCUT2D eigenvalue weighted by Crippen LogP contribution is -2.59. The van der Waals surface area contributed by atoms with Gasteiger partial charge in [-0.25, -0.2) is 0 Å². The minimum atomic E-state index is -1.58. The van der Waals surface area contributed by atoms with Crippen LogP contribution in [0.25, 0.3) is 0 Å². The largest absolute Gasteiger partial charge is 0.492 e. The maximum Gasteiger partial charge on any atom is 0.232 e. The van der Waals surface area contributed by atoms with E-state index in [0.29, 0.717) is 29.6 Å². The Morgan fingerprint density at radius 2 is 1.67 bits per heavy atom. The van der Waals surface area contributed by atoms with Crippen molar-refractivity contribution in [1.82, 2.24) is 0 Å². The molecule has 0 radical (unpaired) electrons. The van der Waals surface area contributed by atoms with Crippen molar-refractivity contribution in [2.75, 3.05) is 20.0 Å². The number of aliphatic hydroxyl groups excluding tert-OH is 4. The van der Waals surface area contributed by atoms with Gasteiger partial charge in [0.2, 0.25) is 13.1 Å². The number of hydrogen-bond donors (Lipinski definition) is 4. The van der Waals surface area contributed by atoms with Crippen LogP contribution in [-0.2, 0) is 9.62 Å². The third kappa shape index (κ3) is 3.36. The van der Waals surface area contributed by atoms with Crippen LogP contribution in [0.15, 0.2) is 30.3 Å². The summed E-state index contributed by atoms with van der Waals surface area (Å²) in [5.74, 6) is 2.89. The SMILES string of the molecule is OC[C@@H]1O[C@@H](OOc2ccc3c(c2)[C@@H]2Oc4cc5c(cc4[C@H]2CO3)OCO5)[C@H](O)[C@@H](O)[C@@H]1O. The third-order valence-corrected chi connectivity index (χ3v) is 6.32. The predicted molar refractivity (Wildman–Crippen MR) is 106 cm³/mol. The number of fused-ring (bicyclic) bond motifs is 6. The van der Waals surface area contributed by atoms with Gasteiger partial charge in [0, 0.05) is 17.2 Å². The van der Waals surface area contributed by atoms with Gasteiger partial charge in [0.1, 0.15) is 42.0 Å². The van der Waals surface area contributed by atoms with Gasteiger partial charge in [-0.2, -0.15) is 4.89 Å². The Bertz CT molecular complexity index is 1060. The minimum Gasteiger partial charge on any atom is -0.492 e. The van der Waals surface area contributed by atoms with Gasteiger partial charge < -0.3 is 49.0 Å². The minimum absolute atomic E-state index is 0.0522. The Kier molecular flexibility index (Phi) is 4.98. The molecule has 7 atom stereocenters. The highest BCUT2D eigenvalue weighted by atomic mass is 17.2. The van der Waals surface area contributed by atoms with Crippen LogP contribution in [0, 0.1) is 0 Å². The molecule has 6 rings (SSSR count). The van der Waals surface area contributed by atoms with Crippen LogP contribution in [0.2, 0.25) is 0 Å². The summed E-state index contributed by atoms with van der Waals surface area (Å²) in [6, 6.07) is 8.76. The normalized spacial score (nSPS) is 33.4. The number of rotatable bonds is 4. The summed E-state index contributed by atoms with van der Waals surface area (Å²) >= 11 is 0. The van der Waals surface area contributed by atoms with E-state index in [1.807, 2.05) is 12.1 Å². The second-order valence-corrected chi connectivity index (χ2v) is 8.28. The van der Waals surface area contributed by atoms with Crippen LogP contribution < -0.4 is 23.8 Å². The molecule has 0 spiro atoms. The number of ether oxygens (including phenoxy) is 5. The van der Waals surface area contributed by atoms with Gasteiger partial charge >= 0.3 is 0 Å². The van der Waals surface area contributed by atoms with Crippen LogP contribution in [0.4, 0.5) is 0 Å². The zero-order chi connectivity index (χ0) is 22.7. The Hall–Kier alpha value is -2.80. The van der Waals surface area contributed by atoms with Crippen molar-refractivity contribution in [3.05, 3.63) is 41.5 Å². The smallest absolute Gasteiger partial charge is 0.232 e. The van der Waals surface area contributed by atoms with Gasteiger partial charge in [-0.3, -0.25) is 0 Å². The molecule has 0 saturated carbocycles. The second kappa shape index (κ2) is 7.90. The average molecular weight is 462 g/mol. The van der Waals surface area contributed by atoms with Crippen molar-refractivity contribution in [1.29, 1.82) is 0 Å². The molecule has 0 bridgehead atoms. The first-order valence-electron chi connectivity index (χ1n) is 10.5. The fraction of sp³-hybridized carbons (Fsp3) is 0.455. The molecule has 11 heteroatoms. The molecule has 2 aromatic carbocycles. The lowest BCUT2D eigenvalue weighted by atomic mass is 9.89. The van der Waals surface area contributed by atoms with Gasteiger partial charge in [0.15, 0.2) is 17.2 Å². The van der Waals surface area contributed by atoms with E-state index in [1.165, 1.54) is 0 Å². The molecule has 2 aromatic rings. The van der Waals surface area contributed by atoms with Gasteiger partial charge in [-0.1, -0.05) is 0 Å². The standard InChI is InChI=1S/C22H22O11/c23-6-17-18(24)19(25)20(26)22(31-17)33-32-9-1-2-13-11(3-9)21-12(7-27-13)10-4-15-16(29-8-28-15)5-14(10)30-21/h1-5,12,17-26H,6-8H2/t12-,17+,18-,19+,20-,21+,22+/m1/s1. The van der Waals surface area contributed by atoms with Crippen molar-refractivity contribution in [3.8, 4) is 28.7 Å². The molecule has 11 nitrogen and oxygen atoms in total. The molecule has 0 amide bonds. The Labute approximate surface area is 187 Å². The molecular weight excluding hydrogens is 440 g/mol. The third-order valence-electron chi connectivity index (χ3n) is 6.32. The van der Waals surface area contributed by atoms with Gasteiger partial charge in [-0.15, -0.1) is 0 Å². The first-order chi connectivity index (χ1) is 16.0. The fourth-order valence-corrected chi connectivity index (χ4v) is 4.53. The number of aliphatic hydroxyl groups is 4. The Balaban J connectivity index is 1.20. The first-order valence-corrected chi connectivity index (χ1v) is 10.5. The summed E-state index contributed by atoms with van der Waals surface area (Å²) in [6.45, 7) is 0.0498. The summed E-state index contributed by atoms with van der Waals surface area (Å²) in [5.41, 5.74) is 1.72. The van der Waals surface area contributed by atoms with E-state index in [4.69, 9.17) is 33.5 Å². The van der Waals surface area contributed by atoms with E-state index < -0.39 is 37.3 Å². The van der Waals surface area contributed by atoms with E-state index in [9.17, 15) is 20.4 Å². The molecule has 0 unspecified atom stereocenters. The number of hydrogen-bond acceptors (Lipinski definition) is 11. The van der Waals surface area contributed by atoms with Gasteiger partial charge in [-0.05, 0) is 24.3 Å². The topological polar surface area (TPSA) is 146 Å². The van der Waals surface area contributed by atoms with Crippen molar-refractivity contribution in [2.24, 2.45) is 0 Å². The highest BCUT2D eigenvalue weighted by molar-refractivity contribution is 5.57. The van der Waals surface area contributed by atoms with E-state index in [-0.39, 0.29) is 24.6 Å². The summed E-state index contributed by atoms with van der Waals surface area (Å²) in [5, 5.41) is 39.2. The molecule has 0 aromatic heterocycles. The molecule has 4 aliphatic heterocycles. The van der Waals surface area contributed by atoms with E-state index in [2.05, 4.69) is 0 Å². The zero-order valence-corrected chi connectivity index (χ0v) is 17.2. The summed E-state index contributed by atoms with van der Waals surface area (Å²) in [6.07, 6.45) is -7.47. The quantitative estimate of drug-likeness (QED) is 0.363. The summed E-state index contributed by atoms with van der Waals surface area (Å²) in [4.78, 5) is 10.5. The number of benzene rings is 2. The molecule has 33 heavy (non-hydrogen) atoms. The van der Waals surface area contributed by atoms with Crippen LogP contribution in [0.3, 0.4) is 0 Å². The lowest BCUT2D eigenvalue weighted by molar-refractivity contribution is -0.386. The monoisotopic (exact) mass is 462 g/mol. The highest BCUT2D eigenvalue weighted by Crippen LogP contribution is 2.54. The van der Waals surface area contributed by atoms with Crippen molar-refractivity contribution >= 4 is 0 Å². The van der Waals surface area contributed by atoms with Crippen LogP contribution >= 0.6 is 0 Å². The molecule has 0 aliphatic carbocycles. The lowest BCUT2D eigenvalue weighted by Gasteiger charge is -2.38. The summed E-state index contributed by atoms with van der Waals surface area (Å²) in [7, 11) is 0. The predicted octanol–water partition coefficient (Wildman–Crippen LogP) is 0.135. The van der Waals surface area contributed by atoms with Crippen LogP contribution in [0.5, 0.6) is 28.7 Å². The van der Waals surface area contributed by atoms with Gasteiger partial charge in [0.05, 0.1) is 19.1 Å². The maximum atomic E-state index is 10.1. The van der Waals surface area contributed by atoms with E-state index in [1.54, 1.807) is 18.2 Å². The maximum absolute atomic E-state index is 10.1. The van der Waals surface area contributed by atoms with Crippen molar-refractivity contribution in [2.45, 2.75) is 42.7 Å². The molecular formula is C22H22O11. The molecule has 176 valence electrons. The van der Waals surface area contributed by atoms with E-state index in [0.717, 1.165) is 11.1 Å². The molecule has 1 saturated heterocycles. The second-order valence-electron chi connectivity index (χ2n) is 8.28. The zero-order valence-electron chi connectivity index (χ0n) is 17.2. The van der Waals surface area contributed by atoms with Gasteiger partial charge in [0.25, 0.3) is 0 Å². The molecule has 4 heterocycles. The van der Waals surface area contributed by atoms with Crippen molar-refractivity contribution < 1.29 is 53.9 Å². The van der Waals surface area contributed by atoms with Crippen LogP contribution in [-0.4, -0.2) is 71.1 Å². The Morgan fingerprint density at radius 3 is 2.48 bits per heavy atom. The summed E-state index contributed by atoms with van der Waals surface area (Å²) < 4.78 is 28.4. The average Bonchev–Trinajstić information content (AvgIpc) is 3.44. The highest BCUT2D eigenvalue weighted by Gasteiger charge is 2.45. The van der Waals surface area contributed by atoms with E-state index >= 15 is 0 Å². The Morgan fingerprint density at radius 1 is 0.848 bits per heavy atom.